The van der Waals surface area contributed by atoms with Crippen molar-refractivity contribution in [1.82, 2.24) is 9.55 Å². The smallest absolute Gasteiger partial charge is 0.279 e. The van der Waals surface area contributed by atoms with Crippen LogP contribution >= 0.6 is 22.7 Å². The van der Waals surface area contributed by atoms with Crippen LogP contribution in [0.5, 0.6) is 5.88 Å². The summed E-state index contributed by atoms with van der Waals surface area (Å²) < 4.78 is 1.61. The fraction of sp³-hybridized carbons (Fsp3) is 0.0588. The van der Waals surface area contributed by atoms with Gasteiger partial charge in [0.1, 0.15) is 4.88 Å². The molecule has 2 aromatic heterocycles. The number of allylic oxidation sites excluding steroid dienone is 1. The lowest BCUT2D eigenvalue weighted by Crippen LogP contribution is -2.22. The van der Waals surface area contributed by atoms with Crippen LogP contribution in [0.1, 0.15) is 4.88 Å². The molecule has 8 heteroatoms. The molecule has 0 unspecified atom stereocenters. The Morgan fingerprint density at radius 1 is 1.36 bits per heavy atom. The third kappa shape index (κ3) is 2.65. The molecule has 3 aromatic rings. The predicted octanol–water partition coefficient (Wildman–Crippen LogP) is 1.49. The molecule has 0 spiro atoms. The van der Waals surface area contributed by atoms with Gasteiger partial charge in [0.15, 0.2) is 4.80 Å². The van der Waals surface area contributed by atoms with Crippen LogP contribution in [0.25, 0.3) is 5.57 Å². The molecule has 1 amide bonds. The number of aromatic hydroxyl groups is 1. The van der Waals surface area contributed by atoms with Crippen LogP contribution in [0, 0.1) is 0 Å². The molecule has 124 valence electrons. The van der Waals surface area contributed by atoms with Gasteiger partial charge in [0.2, 0.25) is 11.0 Å². The topological polar surface area (TPSA) is 79.8 Å². The summed E-state index contributed by atoms with van der Waals surface area (Å²) in [4.78, 5) is 26.1. The van der Waals surface area contributed by atoms with E-state index in [1.165, 1.54) is 22.7 Å². The van der Waals surface area contributed by atoms with Crippen molar-refractivity contribution in [3.8, 4) is 5.88 Å². The summed E-state index contributed by atoms with van der Waals surface area (Å²) in [6, 6.07) is 7.28. The van der Waals surface area contributed by atoms with Crippen LogP contribution in [0.3, 0.4) is 0 Å². The average molecular weight is 368 g/mol. The van der Waals surface area contributed by atoms with Crippen LogP contribution in [0.2, 0.25) is 0 Å². The van der Waals surface area contributed by atoms with Crippen molar-refractivity contribution in [1.29, 1.82) is 0 Å². The van der Waals surface area contributed by atoms with Crippen molar-refractivity contribution in [3.05, 3.63) is 68.8 Å². The molecule has 0 fully saturated rings. The van der Waals surface area contributed by atoms with Gasteiger partial charge in [-0.05, 0) is 6.07 Å². The molecular weight excluding hydrogens is 356 g/mol. The zero-order valence-electron chi connectivity index (χ0n) is 12.9. The second-order valence-electron chi connectivity index (χ2n) is 5.17. The van der Waals surface area contributed by atoms with Crippen LogP contribution in [-0.4, -0.2) is 20.6 Å². The Balaban J connectivity index is 2.01. The van der Waals surface area contributed by atoms with E-state index in [2.05, 4.69) is 21.5 Å². The first-order chi connectivity index (χ1) is 12.2. The number of nitrogens with zero attached hydrogens (tertiary/aromatic N) is 4. The van der Waals surface area contributed by atoms with E-state index in [0.717, 1.165) is 5.22 Å². The van der Waals surface area contributed by atoms with Gasteiger partial charge in [0.05, 0.1) is 10.9 Å². The largest absolute Gasteiger partial charge is 0.493 e. The Labute approximate surface area is 150 Å². The summed E-state index contributed by atoms with van der Waals surface area (Å²) in [7, 11) is 0. The van der Waals surface area contributed by atoms with Crippen molar-refractivity contribution in [2.75, 3.05) is 0 Å². The molecule has 0 radical (unpaired) electrons. The molecule has 25 heavy (non-hydrogen) atoms. The molecular formula is C17H12N4O2S2. The predicted molar refractivity (Wildman–Crippen MR) is 96.2 cm³/mol. The Morgan fingerprint density at radius 2 is 2.20 bits per heavy atom. The zero-order chi connectivity index (χ0) is 17.4. The van der Waals surface area contributed by atoms with E-state index in [0.29, 0.717) is 32.3 Å². The van der Waals surface area contributed by atoms with Crippen molar-refractivity contribution in [2.45, 2.75) is 6.54 Å². The lowest BCUT2D eigenvalue weighted by Gasteiger charge is -2.01. The normalized spacial score (nSPS) is 13.8. The summed E-state index contributed by atoms with van der Waals surface area (Å²) in [6.45, 7) is 4.09. The quantitative estimate of drug-likeness (QED) is 0.709. The van der Waals surface area contributed by atoms with Gasteiger partial charge in [-0.1, -0.05) is 35.6 Å². The minimum absolute atomic E-state index is 0.0181. The van der Waals surface area contributed by atoms with Gasteiger partial charge in [-0.2, -0.15) is 4.99 Å². The first-order valence-electron chi connectivity index (χ1n) is 7.39. The number of benzene rings is 1. The second-order valence-corrected chi connectivity index (χ2v) is 7.02. The van der Waals surface area contributed by atoms with Crippen LogP contribution in [0.4, 0.5) is 5.13 Å². The van der Waals surface area contributed by atoms with E-state index in [1.807, 2.05) is 23.6 Å². The van der Waals surface area contributed by atoms with Gasteiger partial charge in [-0.15, -0.1) is 17.9 Å². The van der Waals surface area contributed by atoms with Gasteiger partial charge in [-0.3, -0.25) is 9.36 Å². The molecule has 1 aromatic carbocycles. The van der Waals surface area contributed by atoms with Crippen molar-refractivity contribution in [3.63, 3.8) is 0 Å². The third-order valence-electron chi connectivity index (χ3n) is 3.64. The van der Waals surface area contributed by atoms with Gasteiger partial charge in [0.25, 0.3) is 5.91 Å². The molecule has 1 aliphatic heterocycles. The Bertz CT molecular complexity index is 1170. The monoisotopic (exact) mass is 368 g/mol. The molecule has 0 bridgehead atoms. The highest BCUT2D eigenvalue weighted by molar-refractivity contribution is 7.13. The first-order valence-corrected chi connectivity index (χ1v) is 9.09. The summed E-state index contributed by atoms with van der Waals surface area (Å²) in [5, 5.41) is 14.5. The SMILES string of the molecule is C=CCn1c(O)c(C2=c3ccccc3=NC2=O)s/c1=N/c1nccs1. The zero-order valence-corrected chi connectivity index (χ0v) is 14.5. The highest BCUT2D eigenvalue weighted by Crippen LogP contribution is 2.29. The lowest BCUT2D eigenvalue weighted by molar-refractivity contribution is -0.112. The Kier molecular flexibility index (Phi) is 3.90. The second kappa shape index (κ2) is 6.23. The summed E-state index contributed by atoms with van der Waals surface area (Å²) in [5.41, 5.74) is 0.400. The Hall–Kier alpha value is -2.84. The van der Waals surface area contributed by atoms with Crippen LogP contribution < -0.4 is 15.4 Å². The van der Waals surface area contributed by atoms with Crippen LogP contribution in [0.15, 0.2) is 58.5 Å². The maximum Gasteiger partial charge on any atom is 0.279 e. The molecule has 0 saturated carbocycles. The van der Waals surface area contributed by atoms with E-state index < -0.39 is 0 Å². The standard InChI is InChI=1S/C17H12N4O2S2/c1-2-8-21-15(23)13(25-17(21)20-16-18-7-9-24-16)12-10-5-3-4-6-11(10)19-14(12)22/h2-7,9,23H,1,8H2/b20-17+. The maximum atomic E-state index is 12.4. The van der Waals surface area contributed by atoms with Crippen molar-refractivity contribution < 1.29 is 9.90 Å². The van der Waals surface area contributed by atoms with E-state index in [4.69, 9.17) is 0 Å². The minimum Gasteiger partial charge on any atom is -0.493 e. The number of carbonyl (C=O) groups is 1. The highest BCUT2D eigenvalue weighted by atomic mass is 32.1. The maximum absolute atomic E-state index is 12.4. The van der Waals surface area contributed by atoms with Crippen LogP contribution in [-0.2, 0) is 11.3 Å². The number of hydrogen-bond acceptors (Lipinski definition) is 6. The van der Waals surface area contributed by atoms with E-state index in [1.54, 1.807) is 22.9 Å². The number of aromatic nitrogens is 2. The molecule has 0 saturated heterocycles. The average Bonchev–Trinajstić information content (AvgIpc) is 3.29. The molecule has 0 atom stereocenters. The summed E-state index contributed by atoms with van der Waals surface area (Å²) >= 11 is 2.63. The third-order valence-corrected chi connectivity index (χ3v) is 5.39. The van der Waals surface area contributed by atoms with Gasteiger partial charge in [-0.25, -0.2) is 9.98 Å². The number of hydrogen-bond donors (Lipinski definition) is 1. The lowest BCUT2D eigenvalue weighted by atomic mass is 10.1. The number of fused-ring (bicyclic) bond motifs is 1. The first kappa shape index (κ1) is 15.7. The van der Waals surface area contributed by atoms with Crippen molar-refractivity contribution >= 4 is 39.3 Å². The number of carbonyl (C=O) groups excluding carboxylic acids is 1. The number of para-hydroxylation sites is 1. The van der Waals surface area contributed by atoms with E-state index in [-0.39, 0.29) is 11.8 Å². The molecule has 6 nitrogen and oxygen atoms in total. The molecule has 0 aliphatic carbocycles. The van der Waals surface area contributed by atoms with E-state index >= 15 is 0 Å². The van der Waals surface area contributed by atoms with E-state index in [9.17, 15) is 9.90 Å². The van der Waals surface area contributed by atoms with Gasteiger partial charge >= 0.3 is 0 Å². The summed E-state index contributed by atoms with van der Waals surface area (Å²) in [6.07, 6.45) is 3.33. The van der Waals surface area contributed by atoms with Crippen molar-refractivity contribution in [2.24, 2.45) is 9.98 Å². The number of amides is 1. The molecule has 1 aliphatic rings. The fourth-order valence-corrected chi connectivity index (χ4v) is 4.23. The van der Waals surface area contributed by atoms with Gasteiger partial charge in [0, 0.05) is 23.3 Å². The Morgan fingerprint density at radius 3 is 2.96 bits per heavy atom. The number of rotatable bonds is 4. The molecule has 4 rings (SSSR count). The summed E-state index contributed by atoms with van der Waals surface area (Å²) in [5.74, 6) is -0.375. The van der Waals surface area contributed by atoms with Gasteiger partial charge < -0.3 is 5.11 Å². The molecule has 1 N–H and O–H groups in total. The number of thiazole rings is 2. The highest BCUT2D eigenvalue weighted by Gasteiger charge is 2.25. The molecule has 3 heterocycles. The minimum atomic E-state index is -0.357. The fourth-order valence-electron chi connectivity index (χ4n) is 2.58.